The van der Waals surface area contributed by atoms with Crippen molar-refractivity contribution in [3.05, 3.63) is 23.4 Å². The molecule has 0 saturated carbocycles. The molecule has 1 aliphatic heterocycles. The number of rotatable bonds is 12. The molecule has 0 aliphatic carbocycles. The summed E-state index contributed by atoms with van der Waals surface area (Å²) in [5.41, 5.74) is 0. The molecule has 0 spiro atoms. The highest BCUT2D eigenvalue weighted by molar-refractivity contribution is 7.99. The van der Waals surface area contributed by atoms with Gasteiger partial charge in [-0.15, -0.1) is 48.3 Å². The van der Waals surface area contributed by atoms with Crippen LogP contribution < -0.4 is 0 Å². The third kappa shape index (κ3) is 12.6. The zero-order valence-corrected chi connectivity index (χ0v) is 18.9. The van der Waals surface area contributed by atoms with Crippen LogP contribution in [0.15, 0.2) is 23.4 Å². The maximum Gasteiger partial charge on any atom is 0.0960 e. The summed E-state index contributed by atoms with van der Waals surface area (Å²) in [6.45, 7) is 2.64. The van der Waals surface area contributed by atoms with Crippen molar-refractivity contribution in [2.45, 2.75) is 56.4 Å². The van der Waals surface area contributed by atoms with Crippen LogP contribution in [0.4, 0.5) is 0 Å². The SMILES string of the molecule is Cl.Cl.Clc1ccc(SCCCCCCCCCCN2CCSC2)nc1. The van der Waals surface area contributed by atoms with Crippen molar-refractivity contribution in [3.63, 3.8) is 0 Å². The number of aromatic nitrogens is 1. The predicted molar refractivity (Wildman–Crippen MR) is 120 cm³/mol. The van der Waals surface area contributed by atoms with Crippen LogP contribution in [-0.4, -0.2) is 40.4 Å². The van der Waals surface area contributed by atoms with Crippen molar-refractivity contribution in [2.75, 3.05) is 30.5 Å². The number of nitrogens with zero attached hydrogens (tertiary/aromatic N) is 2. The Morgan fingerprint density at radius 3 is 2.28 bits per heavy atom. The van der Waals surface area contributed by atoms with E-state index in [-0.39, 0.29) is 24.8 Å². The Kier molecular flexibility index (Phi) is 17.3. The Balaban J connectivity index is 0.00000288. The lowest BCUT2D eigenvalue weighted by atomic mass is 10.1. The van der Waals surface area contributed by atoms with Crippen LogP contribution in [0.25, 0.3) is 0 Å². The maximum absolute atomic E-state index is 5.83. The van der Waals surface area contributed by atoms with E-state index in [0.717, 1.165) is 5.03 Å². The number of halogens is 3. The second kappa shape index (κ2) is 16.8. The Bertz CT molecular complexity index is 415. The van der Waals surface area contributed by atoms with Gasteiger partial charge in [0.1, 0.15) is 0 Å². The molecule has 0 bridgehead atoms. The van der Waals surface area contributed by atoms with E-state index in [4.69, 9.17) is 11.6 Å². The maximum atomic E-state index is 5.83. The highest BCUT2D eigenvalue weighted by atomic mass is 35.5. The average Bonchev–Trinajstić information content (AvgIpc) is 3.07. The van der Waals surface area contributed by atoms with Gasteiger partial charge in [-0.1, -0.05) is 50.1 Å². The van der Waals surface area contributed by atoms with Crippen LogP contribution >= 0.6 is 59.9 Å². The summed E-state index contributed by atoms with van der Waals surface area (Å²) in [7, 11) is 0. The molecule has 0 aromatic carbocycles. The third-order valence-corrected chi connectivity index (χ3v) is 6.42. The quantitative estimate of drug-likeness (QED) is 0.259. The zero-order chi connectivity index (χ0) is 16.2. The standard InChI is InChI=1S/C18H29ClN2S2.2ClH/c19-17-9-10-18(20-15-17)23-13-8-6-4-2-1-3-5-7-11-21-12-14-22-16-21;;/h9-10,15H,1-8,11-14,16H2;2*1H. The van der Waals surface area contributed by atoms with Crippen LogP contribution in [0.2, 0.25) is 5.02 Å². The lowest BCUT2D eigenvalue weighted by Gasteiger charge is -2.12. The van der Waals surface area contributed by atoms with E-state index in [2.05, 4.69) is 21.6 Å². The highest BCUT2D eigenvalue weighted by Crippen LogP contribution is 2.19. The molecule has 0 radical (unpaired) electrons. The Morgan fingerprint density at radius 2 is 1.68 bits per heavy atom. The fourth-order valence-electron chi connectivity index (χ4n) is 2.75. The lowest BCUT2D eigenvalue weighted by Crippen LogP contribution is -2.20. The first-order valence-corrected chi connectivity index (χ1v) is 11.4. The number of hydrogen-bond acceptors (Lipinski definition) is 4. The first-order chi connectivity index (χ1) is 11.3. The van der Waals surface area contributed by atoms with E-state index >= 15 is 0 Å². The fraction of sp³-hybridized carbons (Fsp3) is 0.722. The number of unbranched alkanes of at least 4 members (excludes halogenated alkanes) is 7. The first kappa shape index (κ1) is 25.7. The predicted octanol–water partition coefficient (Wildman–Crippen LogP) is 6.80. The summed E-state index contributed by atoms with van der Waals surface area (Å²) >= 11 is 9.75. The largest absolute Gasteiger partial charge is 0.293 e. The number of thioether (sulfide) groups is 2. The van der Waals surface area contributed by atoms with Gasteiger partial charge < -0.3 is 0 Å². The van der Waals surface area contributed by atoms with Crippen molar-refractivity contribution in [3.8, 4) is 0 Å². The van der Waals surface area contributed by atoms with Crippen molar-refractivity contribution in [1.29, 1.82) is 0 Å². The molecule has 2 heterocycles. The topological polar surface area (TPSA) is 16.1 Å². The summed E-state index contributed by atoms with van der Waals surface area (Å²) in [6.07, 6.45) is 12.8. The van der Waals surface area contributed by atoms with Crippen LogP contribution in [0.1, 0.15) is 51.4 Å². The molecule has 25 heavy (non-hydrogen) atoms. The van der Waals surface area contributed by atoms with Gasteiger partial charge in [0.15, 0.2) is 0 Å². The molecule has 7 heteroatoms. The van der Waals surface area contributed by atoms with Crippen molar-refractivity contribution in [1.82, 2.24) is 9.88 Å². The molecule has 2 nitrogen and oxygen atoms in total. The Hall–Kier alpha value is 0.680. The molecule has 0 amide bonds. The lowest BCUT2D eigenvalue weighted by molar-refractivity contribution is 0.343. The van der Waals surface area contributed by atoms with Gasteiger partial charge in [0.25, 0.3) is 0 Å². The van der Waals surface area contributed by atoms with Gasteiger partial charge in [-0.25, -0.2) is 4.98 Å². The zero-order valence-electron chi connectivity index (χ0n) is 14.8. The molecule has 0 N–H and O–H groups in total. The van der Waals surface area contributed by atoms with E-state index in [1.54, 1.807) is 6.20 Å². The van der Waals surface area contributed by atoms with Crippen molar-refractivity contribution < 1.29 is 0 Å². The van der Waals surface area contributed by atoms with E-state index in [9.17, 15) is 0 Å². The molecule has 1 aliphatic rings. The molecule has 1 saturated heterocycles. The molecule has 1 fully saturated rings. The summed E-state index contributed by atoms with van der Waals surface area (Å²) in [4.78, 5) is 6.90. The van der Waals surface area contributed by atoms with Gasteiger partial charge in [0, 0.05) is 24.4 Å². The van der Waals surface area contributed by atoms with Crippen molar-refractivity contribution in [2.24, 2.45) is 0 Å². The minimum Gasteiger partial charge on any atom is -0.293 e. The fourth-order valence-corrected chi connectivity index (χ4v) is 4.74. The molecule has 2 rings (SSSR count). The molecule has 0 unspecified atom stereocenters. The molecule has 0 atom stereocenters. The average molecular weight is 446 g/mol. The second-order valence-electron chi connectivity index (χ2n) is 6.15. The van der Waals surface area contributed by atoms with Crippen LogP contribution in [0, 0.1) is 0 Å². The Morgan fingerprint density at radius 1 is 1.00 bits per heavy atom. The van der Waals surface area contributed by atoms with E-state index in [0.29, 0.717) is 5.02 Å². The monoisotopic (exact) mass is 444 g/mol. The number of pyridine rings is 1. The van der Waals surface area contributed by atoms with Gasteiger partial charge in [0.2, 0.25) is 0 Å². The third-order valence-electron chi connectivity index (χ3n) is 4.14. The minimum atomic E-state index is 0. The van der Waals surface area contributed by atoms with Crippen LogP contribution in [0.3, 0.4) is 0 Å². The summed E-state index contributed by atoms with van der Waals surface area (Å²) in [5.74, 6) is 3.78. The van der Waals surface area contributed by atoms with Gasteiger partial charge in [-0.2, -0.15) is 0 Å². The van der Waals surface area contributed by atoms with Crippen LogP contribution in [0.5, 0.6) is 0 Å². The summed E-state index contributed by atoms with van der Waals surface area (Å²) in [6, 6.07) is 3.92. The van der Waals surface area contributed by atoms with E-state index in [1.165, 1.54) is 81.8 Å². The van der Waals surface area contributed by atoms with Crippen molar-refractivity contribution >= 4 is 59.9 Å². The van der Waals surface area contributed by atoms with Gasteiger partial charge in [-0.3, -0.25) is 4.90 Å². The smallest absolute Gasteiger partial charge is 0.0960 e. The number of hydrogen-bond donors (Lipinski definition) is 0. The summed E-state index contributed by atoms with van der Waals surface area (Å²) < 4.78 is 0. The second-order valence-corrected chi connectivity index (χ2v) is 8.77. The summed E-state index contributed by atoms with van der Waals surface area (Å²) in [5, 5.41) is 1.81. The molecular weight excluding hydrogens is 415 g/mol. The molecular formula is C18H31Cl3N2S2. The molecule has 146 valence electrons. The van der Waals surface area contributed by atoms with E-state index < -0.39 is 0 Å². The van der Waals surface area contributed by atoms with Gasteiger partial charge >= 0.3 is 0 Å². The highest BCUT2D eigenvalue weighted by Gasteiger charge is 2.10. The minimum absolute atomic E-state index is 0. The molecule has 1 aromatic heterocycles. The van der Waals surface area contributed by atoms with E-state index in [1.807, 2.05) is 23.9 Å². The van der Waals surface area contributed by atoms with Crippen LogP contribution in [-0.2, 0) is 0 Å². The normalized spacial score (nSPS) is 14.1. The van der Waals surface area contributed by atoms with Gasteiger partial charge in [-0.05, 0) is 37.3 Å². The van der Waals surface area contributed by atoms with Gasteiger partial charge in [0.05, 0.1) is 10.0 Å². The first-order valence-electron chi connectivity index (χ1n) is 8.89. The molecule has 1 aromatic rings. The Labute approximate surface area is 179 Å².